The lowest BCUT2D eigenvalue weighted by atomic mass is 10.2. The average Bonchev–Trinajstić information content (AvgIpc) is 3.14. The summed E-state index contributed by atoms with van der Waals surface area (Å²) in [5.74, 6) is 0.703. The Morgan fingerprint density at radius 2 is 2.10 bits per heavy atom. The van der Waals surface area contributed by atoms with Gasteiger partial charge in [0.05, 0.1) is 18.2 Å². The van der Waals surface area contributed by atoms with Gasteiger partial charge in [-0.25, -0.2) is 4.68 Å². The number of rotatable bonds is 3. The molecule has 1 aromatic carbocycles. The Morgan fingerprint density at radius 3 is 2.81 bits per heavy atom. The SMILES string of the molecule is CN=c1scc(-c2ccccc2Br)n1/N=C/c1ccco1. The van der Waals surface area contributed by atoms with Gasteiger partial charge in [-0.05, 0) is 18.2 Å². The van der Waals surface area contributed by atoms with E-state index in [2.05, 4.69) is 26.0 Å². The van der Waals surface area contributed by atoms with Crippen LogP contribution in [0.5, 0.6) is 0 Å². The van der Waals surface area contributed by atoms with Gasteiger partial charge in [0.25, 0.3) is 0 Å². The second-order valence-corrected chi connectivity index (χ2v) is 5.87. The van der Waals surface area contributed by atoms with Gasteiger partial charge in [-0.2, -0.15) is 5.10 Å². The van der Waals surface area contributed by atoms with E-state index in [-0.39, 0.29) is 0 Å². The first kappa shape index (κ1) is 14.0. The third kappa shape index (κ3) is 2.91. The first-order valence-electron chi connectivity index (χ1n) is 6.25. The van der Waals surface area contributed by atoms with E-state index in [9.17, 15) is 0 Å². The van der Waals surface area contributed by atoms with E-state index in [1.807, 2.05) is 46.5 Å². The molecule has 0 aliphatic carbocycles. The smallest absolute Gasteiger partial charge is 0.205 e. The molecule has 21 heavy (non-hydrogen) atoms. The number of nitrogens with zero attached hydrogens (tertiary/aromatic N) is 3. The zero-order valence-corrected chi connectivity index (χ0v) is 13.6. The Balaban J connectivity index is 2.11. The van der Waals surface area contributed by atoms with E-state index in [0.717, 1.165) is 20.5 Å². The van der Waals surface area contributed by atoms with E-state index >= 15 is 0 Å². The molecule has 4 nitrogen and oxygen atoms in total. The van der Waals surface area contributed by atoms with Gasteiger partial charge < -0.3 is 4.42 Å². The molecule has 0 saturated carbocycles. The quantitative estimate of drug-likeness (QED) is 0.650. The Morgan fingerprint density at radius 1 is 1.24 bits per heavy atom. The number of benzene rings is 1. The maximum atomic E-state index is 5.28. The molecule has 0 radical (unpaired) electrons. The number of furan rings is 1. The Kier molecular flexibility index (Phi) is 4.17. The van der Waals surface area contributed by atoms with Crippen molar-refractivity contribution in [2.24, 2.45) is 10.1 Å². The van der Waals surface area contributed by atoms with E-state index in [1.165, 1.54) is 0 Å². The van der Waals surface area contributed by atoms with Crippen LogP contribution in [0.15, 0.2) is 67.0 Å². The number of hydrogen-bond donors (Lipinski definition) is 0. The first-order valence-corrected chi connectivity index (χ1v) is 7.93. The topological polar surface area (TPSA) is 42.8 Å². The molecule has 0 N–H and O–H groups in total. The summed E-state index contributed by atoms with van der Waals surface area (Å²) in [7, 11) is 1.76. The van der Waals surface area contributed by atoms with Crippen molar-refractivity contribution < 1.29 is 4.42 Å². The molecule has 3 aromatic rings. The molecule has 0 atom stereocenters. The lowest BCUT2D eigenvalue weighted by Gasteiger charge is -2.05. The third-order valence-corrected chi connectivity index (χ3v) is 4.47. The van der Waals surface area contributed by atoms with Gasteiger partial charge in [-0.3, -0.25) is 4.99 Å². The summed E-state index contributed by atoms with van der Waals surface area (Å²) >= 11 is 5.13. The summed E-state index contributed by atoms with van der Waals surface area (Å²) in [5.41, 5.74) is 2.05. The lowest BCUT2D eigenvalue weighted by molar-refractivity contribution is 0.559. The highest BCUT2D eigenvalue weighted by molar-refractivity contribution is 9.10. The second-order valence-electron chi connectivity index (χ2n) is 4.18. The van der Waals surface area contributed by atoms with E-state index < -0.39 is 0 Å². The number of hydrogen-bond acceptors (Lipinski definition) is 4. The van der Waals surface area contributed by atoms with Crippen molar-refractivity contribution in [3.63, 3.8) is 0 Å². The Labute approximate surface area is 134 Å². The van der Waals surface area contributed by atoms with Crippen molar-refractivity contribution in [1.82, 2.24) is 4.68 Å². The predicted octanol–water partition coefficient (Wildman–Crippen LogP) is 3.98. The van der Waals surface area contributed by atoms with Gasteiger partial charge >= 0.3 is 0 Å². The molecular weight excluding hydrogens is 350 g/mol. The van der Waals surface area contributed by atoms with Gasteiger partial charge in [0.1, 0.15) is 5.76 Å². The fraction of sp³-hybridized carbons (Fsp3) is 0.0667. The van der Waals surface area contributed by atoms with Crippen molar-refractivity contribution in [2.45, 2.75) is 0 Å². The van der Waals surface area contributed by atoms with Crippen molar-refractivity contribution in [1.29, 1.82) is 0 Å². The molecule has 0 amide bonds. The minimum absolute atomic E-state index is 0.703. The van der Waals surface area contributed by atoms with Crippen LogP contribution in [0.4, 0.5) is 0 Å². The van der Waals surface area contributed by atoms with Gasteiger partial charge in [0, 0.05) is 22.5 Å². The van der Waals surface area contributed by atoms with Crippen molar-refractivity contribution in [2.75, 3.05) is 7.05 Å². The summed E-state index contributed by atoms with van der Waals surface area (Å²) in [6, 6.07) is 11.7. The number of aromatic nitrogens is 1. The van der Waals surface area contributed by atoms with E-state index in [0.29, 0.717) is 5.76 Å². The Hall–Kier alpha value is -1.92. The molecule has 2 heterocycles. The van der Waals surface area contributed by atoms with Gasteiger partial charge in [0.2, 0.25) is 4.80 Å². The molecule has 106 valence electrons. The standard InChI is InChI=1S/C15H12BrN3OS/c1-17-15-19(18-9-11-5-4-8-20-11)14(10-21-15)12-6-2-3-7-13(12)16/h2-10H,1H3/b17-15?,18-9+. The molecule has 0 spiro atoms. The van der Waals surface area contributed by atoms with E-state index in [1.54, 1.807) is 30.9 Å². The fourth-order valence-corrected chi connectivity index (χ4v) is 3.18. The molecule has 3 rings (SSSR count). The molecular formula is C15H12BrN3OS. The molecule has 0 aliphatic rings. The molecule has 0 aliphatic heterocycles. The fourth-order valence-electron chi connectivity index (χ4n) is 1.90. The maximum Gasteiger partial charge on any atom is 0.205 e. The lowest BCUT2D eigenvalue weighted by Crippen LogP contribution is -2.11. The highest BCUT2D eigenvalue weighted by Crippen LogP contribution is 2.28. The van der Waals surface area contributed by atoms with Crippen molar-refractivity contribution >= 4 is 33.5 Å². The van der Waals surface area contributed by atoms with Crippen LogP contribution in [-0.2, 0) is 0 Å². The maximum absolute atomic E-state index is 5.28. The van der Waals surface area contributed by atoms with Crippen LogP contribution >= 0.6 is 27.3 Å². The Bertz CT molecular complexity index is 831. The first-order chi connectivity index (χ1) is 10.3. The molecule has 2 aromatic heterocycles. The second kappa shape index (κ2) is 6.24. The average molecular weight is 362 g/mol. The zero-order chi connectivity index (χ0) is 14.7. The zero-order valence-electron chi connectivity index (χ0n) is 11.2. The molecule has 0 unspecified atom stereocenters. The molecule has 0 fully saturated rings. The van der Waals surface area contributed by atoms with Gasteiger partial charge in [-0.15, -0.1) is 11.3 Å². The van der Waals surface area contributed by atoms with Crippen molar-refractivity contribution in [3.8, 4) is 11.3 Å². The highest BCUT2D eigenvalue weighted by Gasteiger charge is 2.09. The van der Waals surface area contributed by atoms with Gasteiger partial charge in [0.15, 0.2) is 0 Å². The number of halogens is 1. The molecule has 0 saturated heterocycles. The summed E-state index contributed by atoms with van der Waals surface area (Å²) < 4.78 is 8.11. The van der Waals surface area contributed by atoms with E-state index in [4.69, 9.17) is 4.42 Å². The normalized spacial score (nSPS) is 12.4. The summed E-state index contributed by atoms with van der Waals surface area (Å²) in [6.45, 7) is 0. The monoisotopic (exact) mass is 361 g/mol. The molecule has 6 heteroatoms. The predicted molar refractivity (Wildman–Crippen MR) is 88.6 cm³/mol. The largest absolute Gasteiger partial charge is 0.463 e. The third-order valence-electron chi connectivity index (χ3n) is 2.87. The number of thiazole rings is 1. The van der Waals surface area contributed by atoms with Gasteiger partial charge in [-0.1, -0.05) is 34.1 Å². The van der Waals surface area contributed by atoms with Crippen LogP contribution in [-0.4, -0.2) is 17.9 Å². The summed E-state index contributed by atoms with van der Waals surface area (Å²) in [6.07, 6.45) is 3.31. The minimum Gasteiger partial charge on any atom is -0.463 e. The minimum atomic E-state index is 0.703. The highest BCUT2D eigenvalue weighted by atomic mass is 79.9. The molecule has 0 bridgehead atoms. The van der Waals surface area contributed by atoms with Crippen LogP contribution in [0.1, 0.15) is 5.76 Å². The van der Waals surface area contributed by atoms with Crippen LogP contribution in [0.2, 0.25) is 0 Å². The van der Waals surface area contributed by atoms with Crippen LogP contribution in [0.25, 0.3) is 11.3 Å². The van der Waals surface area contributed by atoms with Crippen LogP contribution < -0.4 is 4.80 Å². The van der Waals surface area contributed by atoms with Crippen LogP contribution in [0.3, 0.4) is 0 Å². The summed E-state index contributed by atoms with van der Waals surface area (Å²) in [5, 5.41) is 6.53. The van der Waals surface area contributed by atoms with Crippen molar-refractivity contribution in [3.05, 3.63) is 63.1 Å². The summed E-state index contributed by atoms with van der Waals surface area (Å²) in [4.78, 5) is 5.09. The van der Waals surface area contributed by atoms with Crippen LogP contribution in [0, 0.1) is 0 Å².